The number of hydrogen-bond acceptors (Lipinski definition) is 6. The monoisotopic (exact) mass is 245 g/mol. The quantitative estimate of drug-likeness (QED) is 0.662. The summed E-state index contributed by atoms with van der Waals surface area (Å²) in [4.78, 5) is 12.2. The van der Waals surface area contributed by atoms with Crippen molar-refractivity contribution in [1.82, 2.24) is 14.9 Å². The minimum atomic E-state index is -0.979. The first-order valence-corrected chi connectivity index (χ1v) is 5.69. The zero-order valence-electron chi connectivity index (χ0n) is 9.23. The summed E-state index contributed by atoms with van der Waals surface area (Å²) in [7, 11) is 0. The molecular formula is C9H15N3O3S. The van der Waals surface area contributed by atoms with Gasteiger partial charge in [-0.25, -0.2) is 0 Å². The van der Waals surface area contributed by atoms with E-state index in [1.165, 1.54) is 0 Å². The van der Waals surface area contributed by atoms with Crippen molar-refractivity contribution in [3.63, 3.8) is 0 Å². The van der Waals surface area contributed by atoms with E-state index in [1.54, 1.807) is 13.8 Å². The summed E-state index contributed by atoms with van der Waals surface area (Å²) in [5.74, 6) is -0.363. The summed E-state index contributed by atoms with van der Waals surface area (Å²) in [6, 6.07) is 0. The molecule has 3 N–H and O–H groups in total. The highest BCUT2D eigenvalue weighted by molar-refractivity contribution is 7.08. The van der Waals surface area contributed by atoms with Crippen molar-refractivity contribution in [2.24, 2.45) is 0 Å². The molecule has 6 nitrogen and oxygen atoms in total. The smallest absolute Gasteiger partial charge is 0.265 e. The minimum Gasteiger partial charge on any atom is -0.394 e. The fraction of sp³-hybridized carbons (Fsp3) is 0.667. The summed E-state index contributed by atoms with van der Waals surface area (Å²) in [5, 5.41) is 24.7. The van der Waals surface area contributed by atoms with Gasteiger partial charge >= 0.3 is 0 Å². The number of aliphatic hydroxyl groups excluding tert-OH is 2. The Balaban J connectivity index is 2.81. The first-order valence-electron chi connectivity index (χ1n) is 4.91. The highest BCUT2D eigenvalue weighted by Gasteiger charge is 2.30. The third-order valence-electron chi connectivity index (χ3n) is 2.52. The molecule has 0 saturated heterocycles. The molecule has 90 valence electrons. The van der Waals surface area contributed by atoms with Crippen LogP contribution < -0.4 is 5.32 Å². The zero-order valence-corrected chi connectivity index (χ0v) is 10.0. The van der Waals surface area contributed by atoms with Gasteiger partial charge < -0.3 is 15.5 Å². The van der Waals surface area contributed by atoms with E-state index in [9.17, 15) is 15.0 Å². The maximum Gasteiger partial charge on any atom is 0.265 e. The van der Waals surface area contributed by atoms with Crippen molar-refractivity contribution in [3.8, 4) is 0 Å². The number of nitrogens with zero attached hydrogens (tertiary/aromatic N) is 2. The molecule has 0 radical (unpaired) electrons. The Bertz CT molecular complexity index is 354. The minimum absolute atomic E-state index is 0.309. The van der Waals surface area contributed by atoms with Crippen LogP contribution >= 0.6 is 11.5 Å². The Morgan fingerprint density at radius 2 is 2.12 bits per heavy atom. The van der Waals surface area contributed by atoms with Gasteiger partial charge in [-0.3, -0.25) is 4.79 Å². The molecule has 0 unspecified atom stereocenters. The highest BCUT2D eigenvalue weighted by Crippen LogP contribution is 2.13. The molecule has 0 aromatic carbocycles. The van der Waals surface area contributed by atoms with Crippen molar-refractivity contribution in [3.05, 3.63) is 10.6 Å². The average molecular weight is 245 g/mol. The second-order valence-corrected chi connectivity index (χ2v) is 4.35. The molecule has 7 heteroatoms. The van der Waals surface area contributed by atoms with Crippen molar-refractivity contribution >= 4 is 17.4 Å². The lowest BCUT2D eigenvalue weighted by Crippen LogP contribution is -2.53. The van der Waals surface area contributed by atoms with Crippen LogP contribution in [0.1, 0.15) is 28.7 Å². The van der Waals surface area contributed by atoms with Gasteiger partial charge in [0.25, 0.3) is 5.91 Å². The van der Waals surface area contributed by atoms with Crippen molar-refractivity contribution in [2.75, 3.05) is 13.2 Å². The lowest BCUT2D eigenvalue weighted by Gasteiger charge is -2.29. The molecule has 1 heterocycles. The summed E-state index contributed by atoms with van der Waals surface area (Å²) in [6.45, 7) is 2.85. The Hall–Kier alpha value is -1.05. The standard InChI is InChI=1S/C9H15N3O3S/c1-3-9(4-13,5-14)10-8(15)7-6(2)11-12-16-7/h13-14H,3-5H2,1-2H3,(H,10,15). The first kappa shape index (κ1) is 13.0. The average Bonchev–Trinajstić information content (AvgIpc) is 2.72. The molecule has 16 heavy (non-hydrogen) atoms. The third kappa shape index (κ3) is 2.55. The predicted molar refractivity (Wildman–Crippen MR) is 59.3 cm³/mol. The molecule has 1 rings (SSSR count). The molecule has 0 aliphatic carbocycles. The lowest BCUT2D eigenvalue weighted by molar-refractivity contribution is 0.0655. The summed E-state index contributed by atoms with van der Waals surface area (Å²) in [5.41, 5.74) is -0.434. The van der Waals surface area contributed by atoms with E-state index in [1.807, 2.05) is 0 Å². The Morgan fingerprint density at radius 3 is 2.50 bits per heavy atom. The van der Waals surface area contributed by atoms with E-state index in [2.05, 4.69) is 14.9 Å². The molecule has 0 atom stereocenters. The Morgan fingerprint density at radius 1 is 1.50 bits per heavy atom. The van der Waals surface area contributed by atoms with Gasteiger partial charge in [0.2, 0.25) is 0 Å². The van der Waals surface area contributed by atoms with Gasteiger partial charge in [0, 0.05) is 0 Å². The van der Waals surface area contributed by atoms with E-state index in [4.69, 9.17) is 0 Å². The van der Waals surface area contributed by atoms with Crippen LogP contribution in [0.3, 0.4) is 0 Å². The van der Waals surface area contributed by atoms with Crippen LogP contribution in [-0.4, -0.2) is 44.5 Å². The van der Waals surface area contributed by atoms with Crippen LogP contribution in [0.5, 0.6) is 0 Å². The topological polar surface area (TPSA) is 95.3 Å². The Labute approximate surface area is 97.5 Å². The molecule has 0 bridgehead atoms. The number of hydrogen-bond donors (Lipinski definition) is 3. The summed E-state index contributed by atoms with van der Waals surface area (Å²) < 4.78 is 3.66. The van der Waals surface area contributed by atoms with Crippen molar-refractivity contribution < 1.29 is 15.0 Å². The molecule has 0 aliphatic heterocycles. The fourth-order valence-electron chi connectivity index (χ4n) is 1.18. The Kier molecular flexibility index (Phi) is 4.34. The van der Waals surface area contributed by atoms with Crippen LogP contribution in [0.15, 0.2) is 0 Å². The molecule has 0 fully saturated rings. The highest BCUT2D eigenvalue weighted by atomic mass is 32.1. The van der Waals surface area contributed by atoms with E-state index in [0.717, 1.165) is 11.5 Å². The zero-order chi connectivity index (χ0) is 12.2. The van der Waals surface area contributed by atoms with Crippen molar-refractivity contribution in [2.45, 2.75) is 25.8 Å². The number of nitrogens with one attached hydrogen (secondary N) is 1. The van der Waals surface area contributed by atoms with Crippen LogP contribution in [0, 0.1) is 6.92 Å². The molecule has 0 aliphatic rings. The van der Waals surface area contributed by atoms with Crippen LogP contribution in [0.2, 0.25) is 0 Å². The first-order chi connectivity index (χ1) is 7.58. The van der Waals surface area contributed by atoms with Gasteiger partial charge in [-0.15, -0.1) is 5.10 Å². The molecule has 1 aromatic heterocycles. The van der Waals surface area contributed by atoms with E-state index >= 15 is 0 Å². The predicted octanol–water partition coefficient (Wildman–Crippen LogP) is -0.290. The lowest BCUT2D eigenvalue weighted by atomic mass is 9.98. The van der Waals surface area contributed by atoms with E-state index < -0.39 is 5.54 Å². The van der Waals surface area contributed by atoms with Gasteiger partial charge in [0.1, 0.15) is 4.88 Å². The second kappa shape index (κ2) is 5.33. The molecule has 1 aromatic rings. The largest absolute Gasteiger partial charge is 0.394 e. The number of amides is 1. The maximum atomic E-state index is 11.8. The van der Waals surface area contributed by atoms with E-state index in [-0.39, 0.29) is 19.1 Å². The summed E-state index contributed by atoms with van der Waals surface area (Å²) in [6.07, 6.45) is 0.441. The van der Waals surface area contributed by atoms with Crippen LogP contribution in [0.4, 0.5) is 0 Å². The number of aromatic nitrogens is 2. The number of aryl methyl sites for hydroxylation is 1. The van der Waals surface area contributed by atoms with E-state index in [0.29, 0.717) is 17.0 Å². The number of aliphatic hydroxyl groups is 2. The molecule has 1 amide bonds. The maximum absolute atomic E-state index is 11.8. The van der Waals surface area contributed by atoms with Crippen LogP contribution in [0.25, 0.3) is 0 Å². The molecular weight excluding hydrogens is 230 g/mol. The van der Waals surface area contributed by atoms with Gasteiger partial charge in [0.15, 0.2) is 0 Å². The molecule has 0 spiro atoms. The fourth-order valence-corrected chi connectivity index (χ4v) is 1.73. The van der Waals surface area contributed by atoms with Gasteiger partial charge in [-0.05, 0) is 24.9 Å². The summed E-state index contributed by atoms with van der Waals surface area (Å²) >= 11 is 0.993. The normalized spacial score (nSPS) is 11.5. The van der Waals surface area contributed by atoms with Gasteiger partial charge in [-0.2, -0.15) is 0 Å². The van der Waals surface area contributed by atoms with Gasteiger partial charge in [0.05, 0.1) is 24.4 Å². The van der Waals surface area contributed by atoms with Crippen LogP contribution in [-0.2, 0) is 0 Å². The number of carbonyl (C=O) groups excluding carboxylic acids is 1. The SMILES string of the molecule is CCC(CO)(CO)NC(=O)c1snnc1C. The number of rotatable bonds is 5. The molecule has 0 saturated carbocycles. The number of carbonyl (C=O) groups is 1. The van der Waals surface area contributed by atoms with Gasteiger partial charge in [-0.1, -0.05) is 11.4 Å². The van der Waals surface area contributed by atoms with Crippen molar-refractivity contribution in [1.29, 1.82) is 0 Å². The third-order valence-corrected chi connectivity index (χ3v) is 3.35. The second-order valence-electron chi connectivity index (χ2n) is 3.59.